The van der Waals surface area contributed by atoms with Gasteiger partial charge in [-0.15, -0.1) is 11.3 Å². The van der Waals surface area contributed by atoms with Gasteiger partial charge in [-0.3, -0.25) is 9.69 Å². The van der Waals surface area contributed by atoms with Crippen LogP contribution in [0.25, 0.3) is 10.2 Å². The predicted molar refractivity (Wildman–Crippen MR) is 118 cm³/mol. The number of anilines is 1. The first-order valence-corrected chi connectivity index (χ1v) is 11.1. The second kappa shape index (κ2) is 9.06. The third-order valence-corrected chi connectivity index (χ3v) is 6.57. The molecule has 3 aromatic rings. The first-order valence-electron chi connectivity index (χ1n) is 10.3. The molecule has 0 spiro atoms. The Bertz CT molecular complexity index is 1000. The third kappa shape index (κ3) is 4.29. The van der Waals surface area contributed by atoms with Crippen LogP contribution in [0, 0.1) is 5.82 Å². The summed E-state index contributed by atoms with van der Waals surface area (Å²) in [5.74, 6) is 0.819. The molecule has 3 heterocycles. The highest BCUT2D eigenvalue weighted by Gasteiger charge is 2.25. The lowest BCUT2D eigenvalue weighted by atomic mass is 10.1. The lowest BCUT2D eigenvalue weighted by Gasteiger charge is -2.37. The summed E-state index contributed by atoms with van der Waals surface area (Å²) in [6.45, 7) is 8.27. The van der Waals surface area contributed by atoms with Crippen LogP contribution in [0.4, 0.5) is 10.2 Å². The predicted octanol–water partition coefficient (Wildman–Crippen LogP) is 3.56. The van der Waals surface area contributed by atoms with E-state index >= 15 is 0 Å². The van der Waals surface area contributed by atoms with E-state index < -0.39 is 0 Å². The van der Waals surface area contributed by atoms with Crippen LogP contribution >= 0.6 is 11.3 Å². The van der Waals surface area contributed by atoms with Gasteiger partial charge in [0.2, 0.25) is 5.91 Å². The zero-order chi connectivity index (χ0) is 21.1. The van der Waals surface area contributed by atoms with Gasteiger partial charge in [0.05, 0.1) is 18.0 Å². The van der Waals surface area contributed by atoms with Crippen molar-refractivity contribution in [3.63, 3.8) is 0 Å². The first-order chi connectivity index (χ1) is 14.6. The van der Waals surface area contributed by atoms with Crippen molar-refractivity contribution < 1.29 is 9.18 Å². The Kier molecular flexibility index (Phi) is 6.24. The van der Waals surface area contributed by atoms with E-state index in [1.165, 1.54) is 12.1 Å². The van der Waals surface area contributed by atoms with E-state index in [4.69, 9.17) is 0 Å². The van der Waals surface area contributed by atoms with E-state index in [1.807, 2.05) is 24.1 Å². The van der Waals surface area contributed by atoms with E-state index in [1.54, 1.807) is 29.8 Å². The summed E-state index contributed by atoms with van der Waals surface area (Å²) < 4.78 is 13.2. The maximum Gasteiger partial charge on any atom is 0.237 e. The smallest absolute Gasteiger partial charge is 0.237 e. The molecule has 1 aromatic carbocycles. The molecule has 0 bridgehead atoms. The van der Waals surface area contributed by atoms with Gasteiger partial charge in [0.1, 0.15) is 22.8 Å². The summed E-state index contributed by atoms with van der Waals surface area (Å²) >= 11 is 1.62. The molecule has 0 N–H and O–H groups in total. The average Bonchev–Trinajstić information content (AvgIpc) is 3.24. The van der Waals surface area contributed by atoms with E-state index in [2.05, 4.69) is 25.8 Å². The Labute approximate surface area is 179 Å². The highest BCUT2D eigenvalue weighted by Crippen LogP contribution is 2.27. The van der Waals surface area contributed by atoms with Crippen LogP contribution in [0.2, 0.25) is 0 Å². The number of hydrogen-bond donors (Lipinski definition) is 0. The number of amides is 1. The van der Waals surface area contributed by atoms with E-state index in [0.29, 0.717) is 13.1 Å². The van der Waals surface area contributed by atoms with Gasteiger partial charge in [0, 0.05) is 32.7 Å². The molecule has 30 heavy (non-hydrogen) atoms. The summed E-state index contributed by atoms with van der Waals surface area (Å²) in [5, 5.41) is 3.14. The number of nitrogens with zero attached hydrogens (tertiary/aromatic N) is 5. The molecule has 1 fully saturated rings. The van der Waals surface area contributed by atoms with Gasteiger partial charge in [0.15, 0.2) is 0 Å². The number of carbonyl (C=O) groups is 1. The fourth-order valence-corrected chi connectivity index (χ4v) is 4.74. The number of aromatic nitrogens is 2. The fourth-order valence-electron chi connectivity index (χ4n) is 4.02. The topological polar surface area (TPSA) is 52.6 Å². The molecule has 1 saturated heterocycles. The normalized spacial score (nSPS) is 16.0. The monoisotopic (exact) mass is 427 g/mol. The quantitative estimate of drug-likeness (QED) is 0.602. The number of carbonyl (C=O) groups excluding carboxylic acids is 1. The van der Waals surface area contributed by atoms with Crippen molar-refractivity contribution in [2.45, 2.75) is 19.9 Å². The number of benzene rings is 1. The van der Waals surface area contributed by atoms with Crippen molar-refractivity contribution in [2.24, 2.45) is 0 Å². The number of likely N-dealkylation sites (N-methyl/N-ethyl adjacent to an activating group) is 1. The molecule has 1 aliphatic rings. The van der Waals surface area contributed by atoms with Crippen LogP contribution in [-0.4, -0.2) is 64.9 Å². The molecule has 1 unspecified atom stereocenters. The minimum absolute atomic E-state index is 0.0858. The van der Waals surface area contributed by atoms with E-state index in [9.17, 15) is 9.18 Å². The lowest BCUT2D eigenvalue weighted by Crippen LogP contribution is -2.50. The van der Waals surface area contributed by atoms with Gasteiger partial charge >= 0.3 is 0 Å². The van der Waals surface area contributed by atoms with Crippen molar-refractivity contribution in [3.8, 4) is 0 Å². The van der Waals surface area contributed by atoms with Crippen LogP contribution in [0.1, 0.15) is 25.5 Å². The van der Waals surface area contributed by atoms with E-state index in [-0.39, 0.29) is 17.8 Å². The molecule has 4 rings (SSSR count). The summed E-state index contributed by atoms with van der Waals surface area (Å²) in [7, 11) is 0. The molecule has 0 saturated carbocycles. The van der Waals surface area contributed by atoms with Gasteiger partial charge in [0.25, 0.3) is 0 Å². The highest BCUT2D eigenvalue weighted by molar-refractivity contribution is 7.16. The second-order valence-corrected chi connectivity index (χ2v) is 8.40. The Morgan fingerprint density at radius 2 is 1.90 bits per heavy atom. The van der Waals surface area contributed by atoms with Gasteiger partial charge in [-0.25, -0.2) is 14.4 Å². The molecular formula is C22H26FN5OS. The number of halogens is 1. The lowest BCUT2D eigenvalue weighted by molar-refractivity contribution is -0.134. The van der Waals surface area contributed by atoms with Gasteiger partial charge in [-0.2, -0.15) is 0 Å². The Balaban J connectivity index is 1.36. The van der Waals surface area contributed by atoms with Crippen molar-refractivity contribution in [3.05, 3.63) is 53.4 Å². The summed E-state index contributed by atoms with van der Waals surface area (Å²) in [4.78, 5) is 29.2. The van der Waals surface area contributed by atoms with Gasteiger partial charge in [-0.05, 0) is 43.0 Å². The van der Waals surface area contributed by atoms with Crippen molar-refractivity contribution in [1.29, 1.82) is 0 Å². The molecular weight excluding hydrogens is 401 g/mol. The minimum atomic E-state index is -0.262. The number of fused-ring (bicyclic) bond motifs is 1. The molecule has 2 aromatic heterocycles. The summed E-state index contributed by atoms with van der Waals surface area (Å²) in [5.41, 5.74) is 0.944. The van der Waals surface area contributed by atoms with Crippen LogP contribution in [-0.2, 0) is 4.79 Å². The van der Waals surface area contributed by atoms with Crippen LogP contribution in [0.3, 0.4) is 0 Å². The molecule has 1 atom stereocenters. The van der Waals surface area contributed by atoms with Gasteiger partial charge in [-0.1, -0.05) is 12.1 Å². The molecule has 1 amide bonds. The van der Waals surface area contributed by atoms with Crippen LogP contribution in [0.5, 0.6) is 0 Å². The zero-order valence-corrected chi connectivity index (χ0v) is 18.1. The third-order valence-electron chi connectivity index (χ3n) is 5.75. The molecule has 6 nitrogen and oxygen atoms in total. The average molecular weight is 428 g/mol. The summed E-state index contributed by atoms with van der Waals surface area (Å²) in [6.07, 6.45) is 1.63. The Morgan fingerprint density at radius 1 is 1.17 bits per heavy atom. The molecule has 0 aliphatic carbocycles. The second-order valence-electron chi connectivity index (χ2n) is 7.51. The number of rotatable bonds is 6. The van der Waals surface area contributed by atoms with E-state index in [0.717, 1.165) is 47.8 Å². The van der Waals surface area contributed by atoms with Gasteiger partial charge < -0.3 is 9.80 Å². The summed E-state index contributed by atoms with van der Waals surface area (Å²) in [6, 6.07) is 8.38. The fraction of sp³-hybridized carbons (Fsp3) is 0.409. The number of thiophene rings is 1. The minimum Gasteiger partial charge on any atom is -0.353 e. The van der Waals surface area contributed by atoms with Crippen molar-refractivity contribution >= 4 is 33.3 Å². The maximum absolute atomic E-state index is 13.2. The SMILES string of the molecule is CCN(C(=O)CN1CCN(c2ncnc3sccc23)CC1)C(C)c1ccc(F)cc1. The maximum atomic E-state index is 13.2. The largest absolute Gasteiger partial charge is 0.353 e. The molecule has 8 heteroatoms. The Hall–Kier alpha value is -2.58. The standard InChI is InChI=1S/C22H26FN5OS/c1-3-28(16(2)17-4-6-18(23)7-5-17)20(29)14-26-9-11-27(12-10-26)21-19-8-13-30-22(19)25-15-24-21/h4-8,13,15-16H,3,9-12,14H2,1-2H3. The van der Waals surface area contributed by atoms with Crippen LogP contribution in [0.15, 0.2) is 42.0 Å². The molecule has 158 valence electrons. The van der Waals surface area contributed by atoms with Crippen molar-refractivity contribution in [2.75, 3.05) is 44.2 Å². The first kappa shape index (κ1) is 20.7. The molecule has 0 radical (unpaired) electrons. The van der Waals surface area contributed by atoms with Crippen LogP contribution < -0.4 is 4.90 Å². The molecule has 1 aliphatic heterocycles. The highest BCUT2D eigenvalue weighted by atomic mass is 32.1. The number of piperazine rings is 1. The zero-order valence-electron chi connectivity index (χ0n) is 17.3. The number of hydrogen-bond acceptors (Lipinski definition) is 6. The Morgan fingerprint density at radius 3 is 2.60 bits per heavy atom. The van der Waals surface area contributed by atoms with Crippen molar-refractivity contribution in [1.82, 2.24) is 19.8 Å².